The first-order chi connectivity index (χ1) is 7.81. The normalized spacial score (nSPS) is 10.7. The van der Waals surface area contributed by atoms with E-state index >= 15 is 0 Å². The second kappa shape index (κ2) is 7.08. The first-order valence-corrected chi connectivity index (χ1v) is 6.38. The monoisotopic (exact) mass is 283 g/mol. The van der Waals surface area contributed by atoms with Crippen LogP contribution in [-0.2, 0) is 10.0 Å². The van der Waals surface area contributed by atoms with Gasteiger partial charge in [0.1, 0.15) is 5.82 Å². The van der Waals surface area contributed by atoms with Gasteiger partial charge in [0.15, 0.2) is 0 Å². The standard InChI is InChI=1S/C10H13FN2O3S.Na/c1-7(2)12-10(14)13-17(15,16)9-5-3-8(11)4-6-9;/h3-7H,1-2H3,(H2,12,13,14);. The van der Waals surface area contributed by atoms with Crippen molar-refractivity contribution in [1.29, 1.82) is 0 Å². The molecule has 0 fully saturated rings. The summed E-state index contributed by atoms with van der Waals surface area (Å²) in [7, 11) is -3.95. The number of sulfonamides is 1. The minimum atomic E-state index is -3.95. The maximum atomic E-state index is 12.6. The van der Waals surface area contributed by atoms with Gasteiger partial charge in [0.2, 0.25) is 0 Å². The number of carbonyl (C=O) groups is 1. The van der Waals surface area contributed by atoms with Crippen molar-refractivity contribution in [2.24, 2.45) is 0 Å². The Morgan fingerprint density at radius 1 is 1.22 bits per heavy atom. The third-order valence-electron chi connectivity index (χ3n) is 1.77. The van der Waals surface area contributed by atoms with Gasteiger partial charge in [-0.15, -0.1) is 0 Å². The third kappa shape index (κ3) is 5.34. The van der Waals surface area contributed by atoms with Gasteiger partial charge in [-0.3, -0.25) is 0 Å². The van der Waals surface area contributed by atoms with Crippen molar-refractivity contribution in [3.05, 3.63) is 30.1 Å². The number of benzene rings is 1. The van der Waals surface area contributed by atoms with E-state index < -0.39 is 21.9 Å². The molecule has 5 nitrogen and oxygen atoms in total. The molecule has 2 N–H and O–H groups in total. The SMILES string of the molecule is CC(C)NC(=O)NS(=O)(=O)c1ccc(F)cc1.[Na]. The predicted molar refractivity (Wildman–Crippen MR) is 66.1 cm³/mol. The van der Waals surface area contributed by atoms with Gasteiger partial charge in [-0.25, -0.2) is 22.3 Å². The summed E-state index contributed by atoms with van der Waals surface area (Å²) in [6.45, 7) is 3.40. The molecule has 0 unspecified atom stereocenters. The molecule has 0 aliphatic rings. The molecule has 0 aliphatic heterocycles. The van der Waals surface area contributed by atoms with Crippen LogP contribution in [0.2, 0.25) is 0 Å². The molecule has 0 atom stereocenters. The molecule has 0 bridgehead atoms. The average molecular weight is 283 g/mol. The Balaban J connectivity index is 0.00000289. The third-order valence-corrected chi connectivity index (χ3v) is 3.12. The van der Waals surface area contributed by atoms with Gasteiger partial charge in [0, 0.05) is 35.6 Å². The van der Waals surface area contributed by atoms with E-state index in [0.717, 1.165) is 24.3 Å². The van der Waals surface area contributed by atoms with Gasteiger partial charge in [0.05, 0.1) is 4.90 Å². The van der Waals surface area contributed by atoms with Gasteiger partial charge in [-0.05, 0) is 38.1 Å². The molecular weight excluding hydrogens is 270 g/mol. The van der Waals surface area contributed by atoms with Crippen molar-refractivity contribution in [2.75, 3.05) is 0 Å². The van der Waals surface area contributed by atoms with Crippen molar-refractivity contribution in [2.45, 2.75) is 24.8 Å². The zero-order valence-corrected chi connectivity index (χ0v) is 13.2. The molecule has 0 heterocycles. The Morgan fingerprint density at radius 3 is 2.17 bits per heavy atom. The van der Waals surface area contributed by atoms with Gasteiger partial charge in [0.25, 0.3) is 10.0 Å². The predicted octanol–water partition coefficient (Wildman–Crippen LogP) is 0.841. The van der Waals surface area contributed by atoms with Gasteiger partial charge < -0.3 is 5.32 Å². The maximum absolute atomic E-state index is 12.6. The van der Waals surface area contributed by atoms with Crippen molar-refractivity contribution in [1.82, 2.24) is 10.0 Å². The number of hydrogen-bond donors (Lipinski definition) is 2. The molecule has 1 radical (unpaired) electrons. The van der Waals surface area contributed by atoms with Gasteiger partial charge >= 0.3 is 6.03 Å². The summed E-state index contributed by atoms with van der Waals surface area (Å²) in [6, 6.07) is 3.19. The number of amides is 2. The Labute approximate surface area is 127 Å². The topological polar surface area (TPSA) is 75.3 Å². The molecule has 18 heavy (non-hydrogen) atoms. The van der Waals surface area contributed by atoms with Gasteiger partial charge in [-0.1, -0.05) is 0 Å². The second-order valence-electron chi connectivity index (χ2n) is 3.69. The molecule has 0 saturated carbocycles. The smallest absolute Gasteiger partial charge is 0.328 e. The van der Waals surface area contributed by atoms with Crippen LogP contribution in [0.15, 0.2) is 29.2 Å². The van der Waals surface area contributed by atoms with E-state index in [1.54, 1.807) is 13.8 Å². The summed E-state index contributed by atoms with van der Waals surface area (Å²) in [5.74, 6) is -0.546. The summed E-state index contributed by atoms with van der Waals surface area (Å²) in [6.07, 6.45) is 0. The number of hydrogen-bond acceptors (Lipinski definition) is 3. The fourth-order valence-corrected chi connectivity index (χ4v) is 2.00. The van der Waals surface area contributed by atoms with E-state index in [1.807, 2.05) is 4.72 Å². The number of carbonyl (C=O) groups excluding carboxylic acids is 1. The molecule has 0 saturated heterocycles. The Morgan fingerprint density at radius 2 is 1.72 bits per heavy atom. The fourth-order valence-electron chi connectivity index (χ4n) is 1.09. The van der Waals surface area contributed by atoms with Crippen LogP contribution in [0.25, 0.3) is 0 Å². The van der Waals surface area contributed by atoms with E-state index in [2.05, 4.69) is 5.32 Å². The van der Waals surface area contributed by atoms with Crippen LogP contribution in [0.1, 0.15) is 13.8 Å². The molecule has 0 aliphatic carbocycles. The summed E-state index contributed by atoms with van der Waals surface area (Å²) in [5, 5.41) is 2.38. The van der Waals surface area contributed by atoms with E-state index in [1.165, 1.54) is 0 Å². The molecule has 8 heteroatoms. The Bertz CT molecular complexity index is 502. The number of halogens is 1. The zero-order valence-electron chi connectivity index (χ0n) is 10.4. The second-order valence-corrected chi connectivity index (χ2v) is 5.37. The first-order valence-electron chi connectivity index (χ1n) is 4.90. The van der Waals surface area contributed by atoms with E-state index in [9.17, 15) is 17.6 Å². The molecule has 0 spiro atoms. The molecule has 0 aromatic heterocycles. The van der Waals surface area contributed by atoms with Crippen LogP contribution >= 0.6 is 0 Å². The summed E-state index contributed by atoms with van der Waals surface area (Å²) in [4.78, 5) is 11.1. The van der Waals surface area contributed by atoms with Crippen molar-refractivity contribution < 1.29 is 17.6 Å². The molecule has 1 aromatic carbocycles. The van der Waals surface area contributed by atoms with E-state index in [4.69, 9.17) is 0 Å². The van der Waals surface area contributed by atoms with Crippen molar-refractivity contribution in [3.63, 3.8) is 0 Å². The van der Waals surface area contributed by atoms with Crippen LogP contribution in [0.5, 0.6) is 0 Å². The summed E-state index contributed by atoms with van der Waals surface area (Å²) < 4.78 is 37.7. The quantitative estimate of drug-likeness (QED) is 0.807. The average Bonchev–Trinajstić information content (AvgIpc) is 2.15. The fraction of sp³-hybridized carbons (Fsp3) is 0.300. The molecular formula is C10H13FN2NaO3S. The molecule has 1 aromatic rings. The van der Waals surface area contributed by atoms with Crippen LogP contribution in [0.3, 0.4) is 0 Å². The largest absolute Gasteiger partial charge is 0.335 e. The van der Waals surface area contributed by atoms with Crippen LogP contribution in [0, 0.1) is 5.82 Å². The maximum Gasteiger partial charge on any atom is 0.328 e. The number of rotatable bonds is 3. The summed E-state index contributed by atoms with van der Waals surface area (Å²) >= 11 is 0. The van der Waals surface area contributed by atoms with E-state index in [0.29, 0.717) is 0 Å². The Kier molecular flexibility index (Phi) is 6.83. The first kappa shape index (κ1) is 17.4. The van der Waals surface area contributed by atoms with Crippen LogP contribution < -0.4 is 10.0 Å². The number of nitrogens with one attached hydrogen (secondary N) is 2. The van der Waals surface area contributed by atoms with Crippen molar-refractivity contribution >= 4 is 45.6 Å². The molecule has 95 valence electrons. The minimum Gasteiger partial charge on any atom is -0.335 e. The van der Waals surface area contributed by atoms with Crippen LogP contribution in [-0.4, -0.2) is 50.0 Å². The Hall–Kier alpha value is -0.630. The zero-order chi connectivity index (χ0) is 13.1. The molecule has 1 rings (SSSR count). The minimum absolute atomic E-state index is 0. The number of urea groups is 1. The van der Waals surface area contributed by atoms with Gasteiger partial charge in [-0.2, -0.15) is 0 Å². The van der Waals surface area contributed by atoms with Crippen molar-refractivity contribution in [3.8, 4) is 0 Å². The summed E-state index contributed by atoms with van der Waals surface area (Å²) in [5.41, 5.74) is 0. The van der Waals surface area contributed by atoms with Crippen LogP contribution in [0.4, 0.5) is 9.18 Å². The molecule has 2 amide bonds. The van der Waals surface area contributed by atoms with E-state index in [-0.39, 0.29) is 40.5 Å².